The Bertz CT molecular complexity index is 1050. The molecule has 1 atom stereocenters. The van der Waals surface area contributed by atoms with Gasteiger partial charge in [0.2, 0.25) is 0 Å². The minimum atomic E-state index is -4.54. The number of para-hydroxylation sites is 1. The monoisotopic (exact) mass is 416 g/mol. The van der Waals surface area contributed by atoms with Crippen molar-refractivity contribution in [3.05, 3.63) is 71.5 Å². The van der Waals surface area contributed by atoms with Crippen molar-refractivity contribution in [1.29, 1.82) is 0 Å². The van der Waals surface area contributed by atoms with Crippen molar-refractivity contribution in [3.63, 3.8) is 0 Å². The van der Waals surface area contributed by atoms with Gasteiger partial charge < -0.3 is 9.64 Å². The number of nitrogens with zero attached hydrogens (tertiary/aromatic N) is 4. The number of rotatable bonds is 4. The molecular weight excluding hydrogens is 397 g/mol. The van der Waals surface area contributed by atoms with Crippen LogP contribution in [0.1, 0.15) is 40.5 Å². The molecule has 9 heteroatoms. The third kappa shape index (κ3) is 3.74. The molecule has 3 aromatic rings. The minimum absolute atomic E-state index is 0.00684. The number of carbonyl (C=O) groups is 1. The third-order valence-electron chi connectivity index (χ3n) is 5.18. The first-order valence-corrected chi connectivity index (χ1v) is 9.42. The van der Waals surface area contributed by atoms with Gasteiger partial charge in [-0.2, -0.15) is 13.2 Å². The molecule has 6 nitrogen and oxygen atoms in total. The SMILES string of the molecule is COc1ccc([C@@H]2CCCN2C(=O)c2cn(-c3ccccc3C(F)(F)F)nn2)cc1. The van der Waals surface area contributed by atoms with Crippen LogP contribution in [0.2, 0.25) is 0 Å². The molecule has 0 N–H and O–H groups in total. The van der Waals surface area contributed by atoms with Crippen molar-refractivity contribution in [2.24, 2.45) is 0 Å². The van der Waals surface area contributed by atoms with E-state index in [4.69, 9.17) is 4.74 Å². The van der Waals surface area contributed by atoms with Gasteiger partial charge in [0.25, 0.3) is 5.91 Å². The lowest BCUT2D eigenvalue weighted by Crippen LogP contribution is -2.30. The fourth-order valence-electron chi connectivity index (χ4n) is 3.72. The average molecular weight is 416 g/mol. The summed E-state index contributed by atoms with van der Waals surface area (Å²) in [6, 6.07) is 12.4. The first-order chi connectivity index (χ1) is 14.4. The molecule has 0 spiro atoms. The van der Waals surface area contributed by atoms with Gasteiger partial charge in [-0.15, -0.1) is 5.10 Å². The zero-order valence-corrected chi connectivity index (χ0v) is 16.1. The number of methoxy groups -OCH3 is 1. The number of likely N-dealkylation sites (tertiary alicyclic amines) is 1. The van der Waals surface area contributed by atoms with E-state index >= 15 is 0 Å². The molecular formula is C21H19F3N4O2. The zero-order chi connectivity index (χ0) is 21.3. The van der Waals surface area contributed by atoms with Gasteiger partial charge >= 0.3 is 6.18 Å². The van der Waals surface area contributed by atoms with Crippen LogP contribution < -0.4 is 4.74 Å². The van der Waals surface area contributed by atoms with Crippen LogP contribution in [0.25, 0.3) is 5.69 Å². The van der Waals surface area contributed by atoms with Crippen LogP contribution >= 0.6 is 0 Å². The molecule has 30 heavy (non-hydrogen) atoms. The molecule has 2 heterocycles. The molecule has 0 saturated carbocycles. The van der Waals surface area contributed by atoms with Gasteiger partial charge in [0.1, 0.15) is 5.75 Å². The van der Waals surface area contributed by atoms with Gasteiger partial charge in [-0.1, -0.05) is 29.5 Å². The molecule has 156 valence electrons. The Morgan fingerprint density at radius 2 is 1.87 bits per heavy atom. The number of ether oxygens (including phenoxy) is 1. The number of alkyl halides is 3. The number of hydrogen-bond acceptors (Lipinski definition) is 4. The van der Waals surface area contributed by atoms with Gasteiger partial charge in [-0.3, -0.25) is 4.79 Å². The summed E-state index contributed by atoms with van der Waals surface area (Å²) in [5.41, 5.74) is -0.0419. The fraction of sp³-hybridized carbons (Fsp3) is 0.286. The first-order valence-electron chi connectivity index (χ1n) is 9.42. The van der Waals surface area contributed by atoms with E-state index in [1.807, 2.05) is 24.3 Å². The minimum Gasteiger partial charge on any atom is -0.497 e. The summed E-state index contributed by atoms with van der Waals surface area (Å²) in [7, 11) is 1.58. The van der Waals surface area contributed by atoms with E-state index < -0.39 is 11.7 Å². The summed E-state index contributed by atoms with van der Waals surface area (Å²) in [5.74, 6) is 0.366. The zero-order valence-electron chi connectivity index (χ0n) is 16.1. The van der Waals surface area contributed by atoms with Crippen molar-refractivity contribution in [2.75, 3.05) is 13.7 Å². The van der Waals surface area contributed by atoms with Gasteiger partial charge in [0, 0.05) is 6.54 Å². The largest absolute Gasteiger partial charge is 0.497 e. The summed E-state index contributed by atoms with van der Waals surface area (Å²) in [6.07, 6.45) is -1.67. The average Bonchev–Trinajstić information content (AvgIpc) is 3.43. The van der Waals surface area contributed by atoms with Crippen molar-refractivity contribution in [1.82, 2.24) is 19.9 Å². The van der Waals surface area contributed by atoms with E-state index in [2.05, 4.69) is 10.3 Å². The first kappa shape index (κ1) is 19.9. The summed E-state index contributed by atoms with van der Waals surface area (Å²) in [4.78, 5) is 14.7. The highest BCUT2D eigenvalue weighted by molar-refractivity contribution is 5.92. The summed E-state index contributed by atoms with van der Waals surface area (Å²) in [5, 5.41) is 7.63. The number of benzene rings is 2. The maximum atomic E-state index is 13.3. The van der Waals surface area contributed by atoms with Crippen LogP contribution in [0.4, 0.5) is 13.2 Å². The van der Waals surface area contributed by atoms with Crippen molar-refractivity contribution < 1.29 is 22.7 Å². The van der Waals surface area contributed by atoms with Crippen molar-refractivity contribution in [3.8, 4) is 11.4 Å². The van der Waals surface area contributed by atoms with Crippen LogP contribution in [-0.2, 0) is 6.18 Å². The Morgan fingerprint density at radius 3 is 2.57 bits per heavy atom. The third-order valence-corrected chi connectivity index (χ3v) is 5.18. The molecule has 0 bridgehead atoms. The van der Waals surface area contributed by atoms with Gasteiger partial charge in [0.05, 0.1) is 30.6 Å². The molecule has 4 rings (SSSR count). The molecule has 0 radical (unpaired) electrons. The predicted molar refractivity (Wildman–Crippen MR) is 102 cm³/mol. The lowest BCUT2D eigenvalue weighted by Gasteiger charge is -2.24. The van der Waals surface area contributed by atoms with Crippen LogP contribution in [-0.4, -0.2) is 39.5 Å². The highest BCUT2D eigenvalue weighted by atomic mass is 19.4. The topological polar surface area (TPSA) is 60.2 Å². The summed E-state index contributed by atoms with van der Waals surface area (Å²) in [6.45, 7) is 0.543. The number of hydrogen-bond donors (Lipinski definition) is 0. The number of amides is 1. The van der Waals surface area contributed by atoms with E-state index in [0.717, 1.165) is 34.9 Å². The van der Waals surface area contributed by atoms with Gasteiger partial charge in [-0.25, -0.2) is 4.68 Å². The molecule has 0 unspecified atom stereocenters. The van der Waals surface area contributed by atoms with Gasteiger partial charge in [-0.05, 0) is 42.7 Å². The number of carbonyl (C=O) groups excluding carboxylic acids is 1. The van der Waals surface area contributed by atoms with E-state index in [9.17, 15) is 18.0 Å². The fourth-order valence-corrected chi connectivity index (χ4v) is 3.72. The van der Waals surface area contributed by atoms with Crippen LogP contribution in [0.5, 0.6) is 5.75 Å². The van der Waals surface area contributed by atoms with Crippen LogP contribution in [0.3, 0.4) is 0 Å². The molecule has 1 aliphatic rings. The Labute approximate surface area is 170 Å². The number of aromatic nitrogens is 3. The van der Waals surface area contributed by atoms with Crippen molar-refractivity contribution in [2.45, 2.75) is 25.1 Å². The van der Waals surface area contributed by atoms with Crippen molar-refractivity contribution >= 4 is 5.91 Å². The van der Waals surface area contributed by atoms with E-state index in [1.165, 1.54) is 24.4 Å². The smallest absolute Gasteiger partial charge is 0.418 e. The van der Waals surface area contributed by atoms with Crippen LogP contribution in [0, 0.1) is 0 Å². The Balaban J connectivity index is 1.60. The standard InChI is InChI=1S/C21H19F3N4O2/c1-30-15-10-8-14(9-11-15)18-7-4-12-27(18)20(29)17-13-28(26-25-17)19-6-3-2-5-16(19)21(22,23)24/h2-3,5-6,8-11,13,18H,4,7,12H2,1H3/t18-/m0/s1. The Morgan fingerprint density at radius 1 is 1.13 bits per heavy atom. The Hall–Kier alpha value is -3.36. The van der Waals surface area contributed by atoms with Gasteiger partial charge in [0.15, 0.2) is 5.69 Å². The maximum absolute atomic E-state index is 13.3. The molecule has 1 amide bonds. The molecule has 1 saturated heterocycles. The quantitative estimate of drug-likeness (QED) is 0.637. The second-order valence-electron chi connectivity index (χ2n) is 6.99. The van der Waals surface area contributed by atoms with E-state index in [-0.39, 0.29) is 23.3 Å². The van der Waals surface area contributed by atoms with E-state index in [0.29, 0.717) is 6.54 Å². The second-order valence-corrected chi connectivity index (χ2v) is 6.99. The highest BCUT2D eigenvalue weighted by Crippen LogP contribution is 2.35. The number of halogens is 3. The maximum Gasteiger partial charge on any atom is 0.418 e. The summed E-state index contributed by atoms with van der Waals surface area (Å²) >= 11 is 0. The lowest BCUT2D eigenvalue weighted by atomic mass is 10.0. The van der Waals surface area contributed by atoms with E-state index in [1.54, 1.807) is 12.0 Å². The molecule has 0 aliphatic carbocycles. The molecule has 1 aliphatic heterocycles. The van der Waals surface area contributed by atoms with Crippen LogP contribution in [0.15, 0.2) is 54.7 Å². The predicted octanol–water partition coefficient (Wildman–Crippen LogP) is 4.27. The lowest BCUT2D eigenvalue weighted by molar-refractivity contribution is -0.137. The Kier molecular flexibility index (Phi) is 5.19. The second kappa shape index (κ2) is 7.81. The normalized spacial score (nSPS) is 16.7. The summed E-state index contributed by atoms with van der Waals surface area (Å²) < 4.78 is 46.0. The highest BCUT2D eigenvalue weighted by Gasteiger charge is 2.35. The molecule has 1 fully saturated rings. The molecule has 1 aromatic heterocycles. The molecule has 2 aromatic carbocycles.